The van der Waals surface area contributed by atoms with Crippen LogP contribution in [0.5, 0.6) is 5.75 Å². The number of furan rings is 1. The molecule has 3 N–H and O–H groups in total. The van der Waals surface area contributed by atoms with Crippen molar-refractivity contribution in [2.24, 2.45) is 5.84 Å². The molecule has 0 fully saturated rings. The highest BCUT2D eigenvalue weighted by atomic mass is 32.1. The van der Waals surface area contributed by atoms with E-state index < -0.39 is 0 Å². The molecule has 2 aromatic rings. The normalized spacial score (nSPS) is 11.1. The molecule has 5 nitrogen and oxygen atoms in total. The van der Waals surface area contributed by atoms with Gasteiger partial charge in [0, 0.05) is 12.0 Å². The van der Waals surface area contributed by atoms with E-state index in [0.717, 1.165) is 0 Å². The van der Waals surface area contributed by atoms with Crippen LogP contribution in [0.1, 0.15) is 22.5 Å². The molecule has 6 heteroatoms. The third-order valence-electron chi connectivity index (χ3n) is 3.05. The minimum atomic E-state index is -0.0712. The van der Waals surface area contributed by atoms with Crippen molar-refractivity contribution in [2.45, 2.75) is 6.42 Å². The minimum absolute atomic E-state index is 0.0712. The van der Waals surface area contributed by atoms with Crippen molar-refractivity contribution in [1.29, 1.82) is 0 Å². The van der Waals surface area contributed by atoms with Gasteiger partial charge in [0.1, 0.15) is 16.5 Å². The number of rotatable bonds is 6. The molecule has 0 aliphatic heterocycles. The summed E-state index contributed by atoms with van der Waals surface area (Å²) in [6.45, 7) is 0. The van der Waals surface area contributed by atoms with Crippen molar-refractivity contribution in [3.8, 4) is 5.75 Å². The van der Waals surface area contributed by atoms with E-state index in [1.807, 2.05) is 0 Å². The van der Waals surface area contributed by atoms with Gasteiger partial charge >= 0.3 is 0 Å². The van der Waals surface area contributed by atoms with Gasteiger partial charge in [-0.3, -0.25) is 4.79 Å². The number of hydrazine groups is 1. The van der Waals surface area contributed by atoms with Gasteiger partial charge in [0.2, 0.25) is 0 Å². The predicted molar refractivity (Wildman–Crippen MR) is 88.5 cm³/mol. The first kappa shape index (κ1) is 15.9. The summed E-state index contributed by atoms with van der Waals surface area (Å²) >= 11 is 5.14. The summed E-state index contributed by atoms with van der Waals surface area (Å²) in [5.74, 6) is 6.60. The Morgan fingerprint density at radius 3 is 2.64 bits per heavy atom. The second kappa shape index (κ2) is 7.53. The molecule has 0 saturated heterocycles. The van der Waals surface area contributed by atoms with Gasteiger partial charge in [-0.2, -0.15) is 0 Å². The van der Waals surface area contributed by atoms with Crippen LogP contribution in [0.15, 0.2) is 52.7 Å². The van der Waals surface area contributed by atoms with Crippen molar-refractivity contribution >= 4 is 29.1 Å². The summed E-state index contributed by atoms with van der Waals surface area (Å²) in [6.07, 6.45) is 3.37. The Kier molecular flexibility index (Phi) is 5.46. The van der Waals surface area contributed by atoms with E-state index in [1.54, 1.807) is 55.8 Å². The van der Waals surface area contributed by atoms with Crippen LogP contribution >= 0.6 is 12.2 Å². The number of nitrogens with two attached hydrogens (primary N) is 1. The lowest BCUT2D eigenvalue weighted by Gasteiger charge is -2.08. The number of carbonyl (C=O) groups excluding carboxylic acids is 1. The topological polar surface area (TPSA) is 77.5 Å². The maximum Gasteiger partial charge on any atom is 0.167 e. The molecule has 0 amide bonds. The highest BCUT2D eigenvalue weighted by Gasteiger charge is 2.13. The van der Waals surface area contributed by atoms with Gasteiger partial charge in [-0.15, -0.1) is 0 Å². The Bertz CT molecular complexity index is 676. The Hall–Kier alpha value is -2.44. The zero-order chi connectivity index (χ0) is 15.9. The van der Waals surface area contributed by atoms with Gasteiger partial charge in [0.05, 0.1) is 13.4 Å². The highest BCUT2D eigenvalue weighted by Crippen LogP contribution is 2.17. The molecule has 0 spiro atoms. The van der Waals surface area contributed by atoms with E-state index in [1.165, 1.54) is 0 Å². The first-order chi connectivity index (χ1) is 10.6. The van der Waals surface area contributed by atoms with Crippen molar-refractivity contribution in [3.63, 3.8) is 0 Å². The zero-order valence-corrected chi connectivity index (χ0v) is 12.9. The molecule has 1 aromatic carbocycles. The van der Waals surface area contributed by atoms with Crippen LogP contribution in [0.2, 0.25) is 0 Å². The van der Waals surface area contributed by atoms with Crippen LogP contribution in [-0.2, 0) is 0 Å². The molecule has 114 valence electrons. The molecule has 0 aliphatic carbocycles. The lowest BCUT2D eigenvalue weighted by atomic mass is 10.0. The largest absolute Gasteiger partial charge is 0.497 e. The maximum absolute atomic E-state index is 12.4. The average Bonchev–Trinajstić information content (AvgIpc) is 3.06. The zero-order valence-electron chi connectivity index (χ0n) is 12.0. The molecule has 0 atom stereocenters. The summed E-state index contributed by atoms with van der Waals surface area (Å²) in [4.78, 5) is 12.7. The molecular formula is C16H16N2O3S. The second-order valence-electron chi connectivity index (χ2n) is 4.49. The van der Waals surface area contributed by atoms with Crippen LogP contribution < -0.4 is 16.0 Å². The molecular weight excluding hydrogens is 300 g/mol. The van der Waals surface area contributed by atoms with E-state index in [9.17, 15) is 4.79 Å². The van der Waals surface area contributed by atoms with Crippen LogP contribution in [0, 0.1) is 0 Å². The number of hydrogen-bond acceptors (Lipinski definition) is 5. The van der Waals surface area contributed by atoms with E-state index in [0.29, 0.717) is 27.6 Å². The molecule has 1 heterocycles. The van der Waals surface area contributed by atoms with Crippen molar-refractivity contribution in [3.05, 3.63) is 59.6 Å². The second-order valence-corrected chi connectivity index (χ2v) is 4.90. The molecule has 0 unspecified atom stereocenters. The fourth-order valence-corrected chi connectivity index (χ4v) is 2.02. The van der Waals surface area contributed by atoms with E-state index in [-0.39, 0.29) is 12.2 Å². The van der Waals surface area contributed by atoms with Gasteiger partial charge in [0.25, 0.3) is 0 Å². The quantitative estimate of drug-likeness (QED) is 0.280. The molecule has 0 saturated carbocycles. The van der Waals surface area contributed by atoms with E-state index in [2.05, 4.69) is 5.43 Å². The Balaban J connectivity index is 2.19. The fourth-order valence-electron chi connectivity index (χ4n) is 1.89. The smallest absolute Gasteiger partial charge is 0.167 e. The number of thiocarbonyl (C=S) groups is 1. The van der Waals surface area contributed by atoms with Crippen LogP contribution in [-0.4, -0.2) is 17.9 Å². The predicted octanol–water partition coefficient (Wildman–Crippen LogP) is 2.74. The monoisotopic (exact) mass is 316 g/mol. The molecule has 0 radical (unpaired) electrons. The summed E-state index contributed by atoms with van der Waals surface area (Å²) in [6, 6.07) is 10.4. The van der Waals surface area contributed by atoms with Gasteiger partial charge in [-0.25, -0.2) is 5.84 Å². The van der Waals surface area contributed by atoms with Crippen LogP contribution in [0.4, 0.5) is 0 Å². The van der Waals surface area contributed by atoms with Gasteiger partial charge in [-0.1, -0.05) is 12.2 Å². The number of carbonyl (C=O) groups is 1. The number of Topliss-reactive ketones (excluding diaryl/α,β-unsaturated/α-hetero) is 1. The number of benzene rings is 1. The summed E-state index contributed by atoms with van der Waals surface area (Å²) < 4.78 is 10.3. The van der Waals surface area contributed by atoms with Gasteiger partial charge < -0.3 is 14.6 Å². The lowest BCUT2D eigenvalue weighted by Crippen LogP contribution is -2.30. The lowest BCUT2D eigenvalue weighted by molar-refractivity contribution is 0.0994. The highest BCUT2D eigenvalue weighted by molar-refractivity contribution is 7.80. The minimum Gasteiger partial charge on any atom is -0.497 e. The van der Waals surface area contributed by atoms with E-state index in [4.69, 9.17) is 27.2 Å². The Morgan fingerprint density at radius 2 is 2.09 bits per heavy atom. The van der Waals surface area contributed by atoms with Crippen molar-refractivity contribution < 1.29 is 13.9 Å². The first-order valence-electron chi connectivity index (χ1n) is 6.56. The summed E-state index contributed by atoms with van der Waals surface area (Å²) in [7, 11) is 1.58. The Labute approximate surface area is 133 Å². The van der Waals surface area contributed by atoms with Crippen LogP contribution in [0.25, 0.3) is 6.08 Å². The van der Waals surface area contributed by atoms with Gasteiger partial charge in [0.15, 0.2) is 5.78 Å². The maximum atomic E-state index is 12.4. The standard InChI is InChI=1S/C16H16N2O3S/c1-20-13-6-4-11(5-7-13)15(19)10-12(16(22)18-17)9-14-3-2-8-21-14/h2-9H,10,17H2,1H3,(H,18,22)/b12-9-. The SMILES string of the molecule is COc1ccc(C(=O)C/C(=C/c2ccco2)C(=S)NN)cc1. The van der Waals surface area contributed by atoms with Crippen molar-refractivity contribution in [2.75, 3.05) is 7.11 Å². The fraction of sp³-hybridized carbons (Fsp3) is 0.125. The molecule has 0 bridgehead atoms. The van der Waals surface area contributed by atoms with Gasteiger partial charge in [-0.05, 0) is 48.0 Å². The van der Waals surface area contributed by atoms with Crippen molar-refractivity contribution in [1.82, 2.24) is 5.43 Å². The number of nitrogens with one attached hydrogen (secondary N) is 1. The average molecular weight is 316 g/mol. The molecule has 22 heavy (non-hydrogen) atoms. The number of hydrogen-bond donors (Lipinski definition) is 2. The number of ketones is 1. The Morgan fingerprint density at radius 1 is 1.36 bits per heavy atom. The molecule has 0 aliphatic rings. The molecule has 2 rings (SSSR count). The third-order valence-corrected chi connectivity index (χ3v) is 3.43. The van der Waals surface area contributed by atoms with Crippen LogP contribution in [0.3, 0.4) is 0 Å². The summed E-state index contributed by atoms with van der Waals surface area (Å²) in [5, 5.41) is 0. The van der Waals surface area contributed by atoms with E-state index >= 15 is 0 Å². The molecule has 1 aromatic heterocycles. The first-order valence-corrected chi connectivity index (χ1v) is 6.97. The number of methoxy groups -OCH3 is 1. The third kappa shape index (κ3) is 4.03. The summed E-state index contributed by atoms with van der Waals surface area (Å²) in [5.41, 5.74) is 3.57. The number of ether oxygens (including phenoxy) is 1.